The van der Waals surface area contributed by atoms with Gasteiger partial charge in [-0.05, 0) is 36.4 Å². The summed E-state index contributed by atoms with van der Waals surface area (Å²) in [6.07, 6.45) is 1.07. The summed E-state index contributed by atoms with van der Waals surface area (Å²) >= 11 is 1.55. The molecule has 0 fully saturated rings. The van der Waals surface area contributed by atoms with Gasteiger partial charge in [0.15, 0.2) is 5.78 Å². The van der Waals surface area contributed by atoms with E-state index < -0.39 is 5.97 Å². The second-order valence-electron chi connectivity index (χ2n) is 7.27. The molecule has 1 aromatic heterocycles. The molecule has 1 aliphatic heterocycles. The fourth-order valence-electron chi connectivity index (χ4n) is 4.38. The number of benzene rings is 1. The quantitative estimate of drug-likeness (QED) is 0.763. The normalized spacial score (nSPS) is 21.6. The van der Waals surface area contributed by atoms with Crippen LogP contribution in [-0.4, -0.2) is 26.0 Å². The van der Waals surface area contributed by atoms with Gasteiger partial charge < -0.3 is 14.8 Å². The van der Waals surface area contributed by atoms with E-state index >= 15 is 0 Å². The van der Waals surface area contributed by atoms with Crippen LogP contribution in [0.2, 0.25) is 0 Å². The van der Waals surface area contributed by atoms with E-state index in [1.807, 2.05) is 48.7 Å². The predicted octanol–water partition coefficient (Wildman–Crippen LogP) is 4.29. The maximum absolute atomic E-state index is 13.4. The summed E-state index contributed by atoms with van der Waals surface area (Å²) in [6, 6.07) is 11.8. The summed E-state index contributed by atoms with van der Waals surface area (Å²) in [5.74, 6) is 0.0928. The van der Waals surface area contributed by atoms with E-state index in [4.69, 9.17) is 9.47 Å². The molecule has 2 heterocycles. The van der Waals surface area contributed by atoms with Crippen molar-refractivity contribution >= 4 is 23.1 Å². The van der Waals surface area contributed by atoms with Crippen LogP contribution in [0.5, 0.6) is 5.75 Å². The third-order valence-electron chi connectivity index (χ3n) is 5.64. The molecule has 0 saturated heterocycles. The van der Waals surface area contributed by atoms with Crippen molar-refractivity contribution in [2.24, 2.45) is 0 Å². The summed E-state index contributed by atoms with van der Waals surface area (Å²) in [5.41, 5.74) is 3.86. The number of hydrogen-bond acceptors (Lipinski definition) is 6. The van der Waals surface area contributed by atoms with E-state index in [1.165, 1.54) is 7.11 Å². The Balaban J connectivity index is 1.79. The molecule has 0 bridgehead atoms. The van der Waals surface area contributed by atoms with Gasteiger partial charge in [0.1, 0.15) is 5.75 Å². The van der Waals surface area contributed by atoms with Crippen LogP contribution >= 0.6 is 11.3 Å². The first-order valence-corrected chi connectivity index (χ1v) is 10.4. The number of Topliss-reactive ketones (excluding diaryl/α,β-unsaturated/α-hetero) is 1. The molecule has 0 radical (unpaired) electrons. The number of nitrogens with one attached hydrogen (secondary N) is 1. The number of allylic oxidation sites excluding steroid dienone is 3. The molecular formula is C23H23NO4S. The smallest absolute Gasteiger partial charge is 0.336 e. The van der Waals surface area contributed by atoms with E-state index in [-0.39, 0.29) is 17.6 Å². The van der Waals surface area contributed by atoms with Crippen molar-refractivity contribution in [3.8, 4) is 5.75 Å². The van der Waals surface area contributed by atoms with Crippen molar-refractivity contribution in [2.75, 3.05) is 14.2 Å². The monoisotopic (exact) mass is 409 g/mol. The molecule has 6 heteroatoms. The van der Waals surface area contributed by atoms with Crippen LogP contribution in [0.15, 0.2) is 64.3 Å². The Labute approximate surface area is 174 Å². The van der Waals surface area contributed by atoms with E-state index in [2.05, 4.69) is 5.32 Å². The molecular weight excluding hydrogens is 386 g/mol. The number of ether oxygens (including phenoxy) is 2. The van der Waals surface area contributed by atoms with Crippen molar-refractivity contribution in [1.29, 1.82) is 0 Å². The molecule has 4 rings (SSSR count). The number of ketones is 1. The van der Waals surface area contributed by atoms with Crippen LogP contribution in [0.25, 0.3) is 0 Å². The third kappa shape index (κ3) is 3.38. The van der Waals surface area contributed by atoms with Crippen molar-refractivity contribution in [3.05, 3.63) is 74.8 Å². The Morgan fingerprint density at radius 3 is 2.62 bits per heavy atom. The second kappa shape index (κ2) is 7.87. The molecule has 2 aliphatic rings. The average molecular weight is 410 g/mol. The minimum atomic E-state index is -0.403. The van der Waals surface area contributed by atoms with Gasteiger partial charge >= 0.3 is 5.97 Å². The summed E-state index contributed by atoms with van der Waals surface area (Å²) in [7, 11) is 3.02. The van der Waals surface area contributed by atoms with Crippen LogP contribution in [0.3, 0.4) is 0 Å². The topological polar surface area (TPSA) is 64.6 Å². The van der Waals surface area contributed by atoms with E-state index in [0.717, 1.165) is 27.6 Å². The fourth-order valence-corrected chi connectivity index (χ4v) is 5.23. The van der Waals surface area contributed by atoms with Crippen LogP contribution in [0.1, 0.15) is 42.0 Å². The van der Waals surface area contributed by atoms with Crippen molar-refractivity contribution in [1.82, 2.24) is 5.32 Å². The first kappa shape index (κ1) is 19.5. The Kier molecular flexibility index (Phi) is 5.28. The third-order valence-corrected chi connectivity index (χ3v) is 6.58. The lowest BCUT2D eigenvalue weighted by Gasteiger charge is -2.36. The molecule has 1 N–H and O–H groups in total. The molecule has 0 saturated carbocycles. The largest absolute Gasteiger partial charge is 0.496 e. The molecule has 2 aromatic rings. The molecule has 1 aromatic carbocycles. The standard InChI is InChI=1S/C23H23NO4S/c1-13-20(23(26)28-3)22(19-9-6-10-29-19)21-16(24-13)11-14(12-17(21)25)15-7-4-5-8-18(15)27-2/h4-10,14,22,24H,11-12H2,1-3H3/t14-,22+/m1/s1. The number of hydrogen-bond donors (Lipinski definition) is 1. The summed E-state index contributed by atoms with van der Waals surface area (Å²) in [4.78, 5) is 26.9. The first-order valence-electron chi connectivity index (χ1n) is 9.53. The molecule has 1 aliphatic carbocycles. The molecule has 0 unspecified atom stereocenters. The zero-order valence-electron chi connectivity index (χ0n) is 16.7. The second-order valence-corrected chi connectivity index (χ2v) is 8.25. The highest BCUT2D eigenvalue weighted by molar-refractivity contribution is 7.10. The number of thiophene rings is 1. The number of dihydropyridines is 1. The van der Waals surface area contributed by atoms with Gasteiger partial charge in [-0.25, -0.2) is 4.79 Å². The van der Waals surface area contributed by atoms with Gasteiger partial charge in [0.25, 0.3) is 0 Å². The highest BCUT2D eigenvalue weighted by Gasteiger charge is 2.42. The number of para-hydroxylation sites is 1. The molecule has 0 amide bonds. The van der Waals surface area contributed by atoms with Crippen LogP contribution < -0.4 is 10.1 Å². The van der Waals surface area contributed by atoms with Crippen LogP contribution in [0.4, 0.5) is 0 Å². The van der Waals surface area contributed by atoms with Crippen LogP contribution in [0, 0.1) is 0 Å². The van der Waals surface area contributed by atoms with Gasteiger partial charge in [0, 0.05) is 34.2 Å². The maximum atomic E-state index is 13.4. The molecule has 5 nitrogen and oxygen atoms in total. The summed E-state index contributed by atoms with van der Waals surface area (Å²) in [5, 5.41) is 5.31. The van der Waals surface area contributed by atoms with Crippen molar-refractivity contribution in [2.45, 2.75) is 31.6 Å². The Morgan fingerprint density at radius 1 is 1.14 bits per heavy atom. The highest BCUT2D eigenvalue weighted by Crippen LogP contribution is 2.47. The summed E-state index contributed by atoms with van der Waals surface area (Å²) in [6.45, 7) is 1.87. The zero-order chi connectivity index (χ0) is 20.5. The van der Waals surface area contributed by atoms with E-state index in [1.54, 1.807) is 18.4 Å². The molecule has 29 heavy (non-hydrogen) atoms. The average Bonchev–Trinajstić information content (AvgIpc) is 3.26. The minimum Gasteiger partial charge on any atom is -0.496 e. The number of rotatable bonds is 4. The van der Waals surface area contributed by atoms with Gasteiger partial charge in [-0.2, -0.15) is 0 Å². The minimum absolute atomic E-state index is 0.0290. The van der Waals surface area contributed by atoms with Crippen LogP contribution in [-0.2, 0) is 14.3 Å². The number of carbonyl (C=O) groups is 2. The summed E-state index contributed by atoms with van der Waals surface area (Å²) < 4.78 is 10.6. The predicted molar refractivity (Wildman–Crippen MR) is 112 cm³/mol. The van der Waals surface area contributed by atoms with Gasteiger partial charge in [-0.15, -0.1) is 11.3 Å². The number of methoxy groups -OCH3 is 2. The lowest BCUT2D eigenvalue weighted by atomic mass is 9.73. The molecule has 0 spiro atoms. The van der Waals surface area contributed by atoms with Crippen molar-refractivity contribution < 1.29 is 19.1 Å². The van der Waals surface area contributed by atoms with E-state index in [9.17, 15) is 9.59 Å². The first-order chi connectivity index (χ1) is 14.0. The zero-order valence-corrected chi connectivity index (χ0v) is 17.5. The fraction of sp³-hybridized carbons (Fsp3) is 0.304. The Bertz CT molecular complexity index is 1020. The highest BCUT2D eigenvalue weighted by atomic mass is 32.1. The van der Waals surface area contributed by atoms with Gasteiger partial charge in [-0.3, -0.25) is 4.79 Å². The van der Waals surface area contributed by atoms with Gasteiger partial charge in [-0.1, -0.05) is 24.3 Å². The Morgan fingerprint density at radius 2 is 1.93 bits per heavy atom. The van der Waals surface area contributed by atoms with E-state index in [0.29, 0.717) is 24.0 Å². The number of esters is 1. The lowest BCUT2D eigenvalue weighted by molar-refractivity contribution is -0.136. The SMILES string of the molecule is COC(=O)C1=C(C)NC2=C(C(=O)C[C@H](c3ccccc3OC)C2)[C@H]1c1cccs1. The molecule has 150 valence electrons. The number of carbonyl (C=O) groups excluding carboxylic acids is 2. The van der Waals surface area contributed by atoms with Gasteiger partial charge in [0.05, 0.1) is 25.7 Å². The lowest BCUT2D eigenvalue weighted by Crippen LogP contribution is -2.35. The van der Waals surface area contributed by atoms with Crippen molar-refractivity contribution in [3.63, 3.8) is 0 Å². The Hall–Kier alpha value is -2.86. The maximum Gasteiger partial charge on any atom is 0.336 e. The molecule has 2 atom stereocenters. The van der Waals surface area contributed by atoms with Gasteiger partial charge in [0.2, 0.25) is 0 Å².